The van der Waals surface area contributed by atoms with E-state index >= 15 is 0 Å². The van der Waals surface area contributed by atoms with E-state index in [9.17, 15) is 4.79 Å². The third-order valence-electron chi connectivity index (χ3n) is 4.33. The van der Waals surface area contributed by atoms with E-state index in [0.717, 1.165) is 36.4 Å². The molecule has 1 aliphatic heterocycles. The summed E-state index contributed by atoms with van der Waals surface area (Å²) in [5, 5.41) is 4.03. The molecule has 2 aromatic rings. The number of hydrogen-bond acceptors (Lipinski definition) is 3. The number of para-hydroxylation sites is 1. The first-order valence-electron chi connectivity index (χ1n) is 8.09. The van der Waals surface area contributed by atoms with Gasteiger partial charge in [0.2, 0.25) is 5.91 Å². The zero-order valence-electron chi connectivity index (χ0n) is 13.7. The molecule has 0 radical (unpaired) electrons. The SMILES string of the molecule is COc1ccccc1[C@@H](NCC(=O)N1CCC1)c1ccccc1Cl. The summed E-state index contributed by atoms with van der Waals surface area (Å²) in [5.74, 6) is 0.888. The number of benzene rings is 2. The molecule has 24 heavy (non-hydrogen) atoms. The van der Waals surface area contributed by atoms with Crippen molar-refractivity contribution in [2.75, 3.05) is 26.7 Å². The predicted octanol–water partition coefficient (Wildman–Crippen LogP) is 3.26. The Hall–Kier alpha value is -2.04. The van der Waals surface area contributed by atoms with Crippen LogP contribution in [0.15, 0.2) is 48.5 Å². The average molecular weight is 345 g/mol. The highest BCUT2D eigenvalue weighted by Gasteiger charge is 2.24. The van der Waals surface area contributed by atoms with Crippen LogP contribution in [0.5, 0.6) is 5.75 Å². The maximum absolute atomic E-state index is 12.2. The van der Waals surface area contributed by atoms with Gasteiger partial charge in [-0.1, -0.05) is 48.0 Å². The van der Waals surface area contributed by atoms with Gasteiger partial charge in [0.05, 0.1) is 19.7 Å². The van der Waals surface area contributed by atoms with Crippen molar-refractivity contribution in [2.45, 2.75) is 12.5 Å². The van der Waals surface area contributed by atoms with Crippen molar-refractivity contribution in [2.24, 2.45) is 0 Å². The van der Waals surface area contributed by atoms with E-state index in [2.05, 4.69) is 5.32 Å². The highest BCUT2D eigenvalue weighted by atomic mass is 35.5. The van der Waals surface area contributed by atoms with E-state index < -0.39 is 0 Å². The van der Waals surface area contributed by atoms with Crippen molar-refractivity contribution in [3.05, 3.63) is 64.7 Å². The smallest absolute Gasteiger partial charge is 0.236 e. The summed E-state index contributed by atoms with van der Waals surface area (Å²) in [5.41, 5.74) is 1.89. The Bertz CT molecular complexity index is 716. The van der Waals surface area contributed by atoms with Crippen LogP contribution in [0.2, 0.25) is 5.02 Å². The lowest BCUT2D eigenvalue weighted by Gasteiger charge is -2.32. The molecule has 1 amide bonds. The van der Waals surface area contributed by atoms with Gasteiger partial charge in [-0.2, -0.15) is 0 Å². The zero-order chi connectivity index (χ0) is 16.9. The van der Waals surface area contributed by atoms with Gasteiger partial charge >= 0.3 is 0 Å². The van der Waals surface area contributed by atoms with E-state index in [1.807, 2.05) is 53.4 Å². The highest BCUT2D eigenvalue weighted by Crippen LogP contribution is 2.33. The van der Waals surface area contributed by atoms with Crippen LogP contribution >= 0.6 is 11.6 Å². The van der Waals surface area contributed by atoms with Gasteiger partial charge in [-0.15, -0.1) is 0 Å². The molecule has 1 N–H and O–H groups in total. The number of carbonyl (C=O) groups is 1. The van der Waals surface area contributed by atoms with Crippen LogP contribution in [0.1, 0.15) is 23.6 Å². The largest absolute Gasteiger partial charge is 0.496 e. The summed E-state index contributed by atoms with van der Waals surface area (Å²) >= 11 is 6.40. The van der Waals surface area contributed by atoms with Crippen LogP contribution in [-0.4, -0.2) is 37.6 Å². The number of amides is 1. The Morgan fingerprint density at radius 1 is 1.17 bits per heavy atom. The van der Waals surface area contributed by atoms with Gasteiger partial charge in [0.1, 0.15) is 5.75 Å². The Balaban J connectivity index is 1.88. The summed E-state index contributed by atoms with van der Waals surface area (Å²) in [7, 11) is 1.65. The highest BCUT2D eigenvalue weighted by molar-refractivity contribution is 6.31. The number of nitrogens with zero attached hydrogens (tertiary/aromatic N) is 1. The summed E-state index contributed by atoms with van der Waals surface area (Å²) in [4.78, 5) is 14.1. The van der Waals surface area contributed by atoms with Gasteiger partial charge < -0.3 is 9.64 Å². The molecule has 1 aliphatic rings. The molecule has 0 bridgehead atoms. The quantitative estimate of drug-likeness (QED) is 0.874. The van der Waals surface area contributed by atoms with Gasteiger partial charge in [0, 0.05) is 23.7 Å². The molecule has 1 fully saturated rings. The number of carbonyl (C=O) groups excluding carboxylic acids is 1. The zero-order valence-corrected chi connectivity index (χ0v) is 14.4. The number of ether oxygens (including phenoxy) is 1. The van der Waals surface area contributed by atoms with E-state index in [0.29, 0.717) is 5.02 Å². The molecule has 0 aromatic heterocycles. The second-order valence-corrected chi connectivity index (χ2v) is 6.22. The topological polar surface area (TPSA) is 41.6 Å². The molecule has 0 unspecified atom stereocenters. The summed E-state index contributed by atoms with van der Waals surface area (Å²) in [6.45, 7) is 1.98. The van der Waals surface area contributed by atoms with Crippen LogP contribution in [0.3, 0.4) is 0 Å². The van der Waals surface area contributed by atoms with Crippen LogP contribution < -0.4 is 10.1 Å². The standard InChI is InChI=1S/C19H21ClN2O2/c1-24-17-10-5-3-8-15(17)19(14-7-2-4-9-16(14)20)21-13-18(23)22-11-6-12-22/h2-5,7-10,19,21H,6,11-13H2,1H3/t19-/m0/s1. The molecule has 0 aliphatic carbocycles. The molecule has 3 rings (SSSR count). The first-order chi connectivity index (χ1) is 11.7. The fourth-order valence-electron chi connectivity index (χ4n) is 2.87. The molecule has 5 heteroatoms. The van der Waals surface area contributed by atoms with Crippen molar-refractivity contribution < 1.29 is 9.53 Å². The lowest BCUT2D eigenvalue weighted by molar-refractivity contribution is -0.133. The average Bonchev–Trinajstić information content (AvgIpc) is 2.55. The van der Waals surface area contributed by atoms with Gasteiger partial charge in [0.25, 0.3) is 0 Å². The predicted molar refractivity (Wildman–Crippen MR) is 95.5 cm³/mol. The number of likely N-dealkylation sites (tertiary alicyclic amines) is 1. The molecular weight excluding hydrogens is 324 g/mol. The number of halogens is 1. The van der Waals surface area contributed by atoms with E-state index in [1.165, 1.54) is 0 Å². The van der Waals surface area contributed by atoms with Crippen molar-refractivity contribution in [3.8, 4) is 5.75 Å². The fraction of sp³-hybridized carbons (Fsp3) is 0.316. The number of nitrogens with one attached hydrogen (secondary N) is 1. The summed E-state index contributed by atoms with van der Waals surface area (Å²) in [6, 6.07) is 15.3. The third kappa shape index (κ3) is 3.55. The number of methoxy groups -OCH3 is 1. The molecule has 1 atom stereocenters. The molecule has 0 spiro atoms. The van der Waals surface area contributed by atoms with Crippen LogP contribution in [-0.2, 0) is 4.79 Å². The second kappa shape index (κ2) is 7.69. The Labute approximate surface area is 147 Å². The lowest BCUT2D eigenvalue weighted by atomic mass is 9.97. The minimum atomic E-state index is -0.208. The van der Waals surface area contributed by atoms with Crippen molar-refractivity contribution in [1.82, 2.24) is 10.2 Å². The molecule has 126 valence electrons. The Morgan fingerprint density at radius 2 is 1.83 bits per heavy atom. The number of hydrogen-bond donors (Lipinski definition) is 1. The molecule has 0 saturated carbocycles. The summed E-state index contributed by atoms with van der Waals surface area (Å²) < 4.78 is 5.50. The van der Waals surface area contributed by atoms with Crippen LogP contribution in [0.25, 0.3) is 0 Å². The minimum absolute atomic E-state index is 0.119. The monoisotopic (exact) mass is 344 g/mol. The van der Waals surface area contributed by atoms with E-state index in [4.69, 9.17) is 16.3 Å². The maximum atomic E-state index is 12.2. The number of rotatable bonds is 6. The Kier molecular flexibility index (Phi) is 5.38. The van der Waals surface area contributed by atoms with Gasteiger partial charge in [0.15, 0.2) is 0 Å². The van der Waals surface area contributed by atoms with Crippen LogP contribution in [0, 0.1) is 0 Å². The minimum Gasteiger partial charge on any atom is -0.496 e. The fourth-order valence-corrected chi connectivity index (χ4v) is 3.11. The molecule has 4 nitrogen and oxygen atoms in total. The first kappa shape index (κ1) is 16.8. The first-order valence-corrected chi connectivity index (χ1v) is 8.47. The van der Waals surface area contributed by atoms with Gasteiger partial charge in [-0.25, -0.2) is 0 Å². The van der Waals surface area contributed by atoms with Crippen molar-refractivity contribution >= 4 is 17.5 Å². The third-order valence-corrected chi connectivity index (χ3v) is 4.68. The van der Waals surface area contributed by atoms with Crippen LogP contribution in [0.4, 0.5) is 0 Å². The summed E-state index contributed by atoms with van der Waals surface area (Å²) in [6.07, 6.45) is 1.09. The van der Waals surface area contributed by atoms with Crippen molar-refractivity contribution in [1.29, 1.82) is 0 Å². The molecule has 2 aromatic carbocycles. The molecular formula is C19H21ClN2O2. The van der Waals surface area contributed by atoms with E-state index in [1.54, 1.807) is 7.11 Å². The lowest BCUT2D eigenvalue weighted by Crippen LogP contribution is -2.46. The van der Waals surface area contributed by atoms with Crippen molar-refractivity contribution in [3.63, 3.8) is 0 Å². The molecule has 1 saturated heterocycles. The second-order valence-electron chi connectivity index (χ2n) is 5.81. The maximum Gasteiger partial charge on any atom is 0.236 e. The normalized spacial score (nSPS) is 14.8. The molecule has 1 heterocycles. The Morgan fingerprint density at radius 3 is 2.46 bits per heavy atom. The van der Waals surface area contributed by atoms with E-state index in [-0.39, 0.29) is 18.5 Å². The van der Waals surface area contributed by atoms with Gasteiger partial charge in [-0.05, 0) is 24.1 Å². The van der Waals surface area contributed by atoms with Gasteiger partial charge in [-0.3, -0.25) is 10.1 Å².